The van der Waals surface area contributed by atoms with Gasteiger partial charge in [0.15, 0.2) is 0 Å². The van der Waals surface area contributed by atoms with E-state index < -0.39 is 5.78 Å². The summed E-state index contributed by atoms with van der Waals surface area (Å²) in [7, 11) is 0. The normalized spacial score (nSPS) is 10.2. The molecule has 0 unspecified atom stereocenters. The Hall–Kier alpha value is -1.90. The lowest BCUT2D eigenvalue weighted by Gasteiger charge is -1.89. The number of hydrogen-bond acceptors (Lipinski definition) is 2. The SMILES string of the molecule is O=[C]C(=O)c1c[nH]c2ccccc12. The maximum absolute atomic E-state index is 11.0. The lowest BCUT2D eigenvalue weighted by Crippen LogP contribution is -1.97. The molecule has 2 aromatic rings. The first-order valence-electron chi connectivity index (χ1n) is 3.81. The molecule has 0 saturated heterocycles. The van der Waals surface area contributed by atoms with Crippen molar-refractivity contribution in [3.8, 4) is 0 Å². The highest BCUT2D eigenvalue weighted by Gasteiger charge is 2.10. The quantitative estimate of drug-likeness (QED) is 0.550. The molecule has 63 valence electrons. The molecule has 1 aromatic heterocycles. The molecule has 13 heavy (non-hydrogen) atoms. The summed E-state index contributed by atoms with van der Waals surface area (Å²) in [6.45, 7) is 0. The average Bonchev–Trinajstić information content (AvgIpc) is 2.60. The van der Waals surface area contributed by atoms with Crippen molar-refractivity contribution in [3.63, 3.8) is 0 Å². The van der Waals surface area contributed by atoms with Crippen molar-refractivity contribution in [1.29, 1.82) is 0 Å². The van der Waals surface area contributed by atoms with Crippen molar-refractivity contribution in [3.05, 3.63) is 36.0 Å². The Morgan fingerprint density at radius 2 is 2.08 bits per heavy atom. The zero-order chi connectivity index (χ0) is 9.26. The molecule has 3 nitrogen and oxygen atoms in total. The molecular weight excluding hydrogens is 166 g/mol. The Kier molecular flexibility index (Phi) is 1.70. The minimum Gasteiger partial charge on any atom is -0.360 e. The molecule has 0 spiro atoms. The second-order valence-corrected chi connectivity index (χ2v) is 2.68. The third kappa shape index (κ3) is 1.14. The monoisotopic (exact) mass is 172 g/mol. The van der Waals surface area contributed by atoms with E-state index in [-0.39, 0.29) is 0 Å². The van der Waals surface area contributed by atoms with Gasteiger partial charge in [0.05, 0.1) is 5.56 Å². The molecule has 1 N–H and O–H groups in total. The number of nitrogens with one attached hydrogen (secondary N) is 1. The van der Waals surface area contributed by atoms with Crippen LogP contribution in [-0.4, -0.2) is 17.1 Å². The Bertz CT molecular complexity index is 470. The van der Waals surface area contributed by atoms with Crippen LogP contribution in [0.4, 0.5) is 0 Å². The molecule has 0 saturated carbocycles. The number of rotatable bonds is 2. The number of fused-ring (bicyclic) bond motifs is 1. The van der Waals surface area contributed by atoms with E-state index in [1.165, 1.54) is 12.5 Å². The Labute approximate surface area is 74.4 Å². The Morgan fingerprint density at radius 3 is 2.85 bits per heavy atom. The number of H-pyrrole nitrogens is 1. The maximum atomic E-state index is 11.0. The van der Waals surface area contributed by atoms with Crippen LogP contribution in [0.5, 0.6) is 0 Å². The van der Waals surface area contributed by atoms with Gasteiger partial charge >= 0.3 is 0 Å². The molecule has 0 aliphatic rings. The third-order valence-corrected chi connectivity index (χ3v) is 1.93. The molecule has 0 aliphatic carbocycles. The zero-order valence-electron chi connectivity index (χ0n) is 6.70. The minimum atomic E-state index is -0.613. The summed E-state index contributed by atoms with van der Waals surface area (Å²) < 4.78 is 0. The zero-order valence-corrected chi connectivity index (χ0v) is 6.70. The van der Waals surface area contributed by atoms with Crippen LogP contribution in [0.1, 0.15) is 10.4 Å². The van der Waals surface area contributed by atoms with Crippen LogP contribution < -0.4 is 0 Å². The predicted octanol–water partition coefficient (Wildman–Crippen LogP) is 1.46. The van der Waals surface area contributed by atoms with Gasteiger partial charge in [-0.3, -0.25) is 9.59 Å². The summed E-state index contributed by atoms with van der Waals surface area (Å²) in [4.78, 5) is 24.1. The van der Waals surface area contributed by atoms with E-state index >= 15 is 0 Å². The Balaban J connectivity index is 2.71. The summed E-state index contributed by atoms with van der Waals surface area (Å²) in [6, 6.07) is 7.31. The maximum Gasteiger partial charge on any atom is 0.277 e. The van der Waals surface area contributed by atoms with Gasteiger partial charge in [-0.05, 0) is 6.07 Å². The van der Waals surface area contributed by atoms with Crippen molar-refractivity contribution in [2.24, 2.45) is 0 Å². The highest BCUT2D eigenvalue weighted by molar-refractivity contribution is 6.36. The van der Waals surface area contributed by atoms with Gasteiger partial charge in [-0.15, -0.1) is 0 Å². The van der Waals surface area contributed by atoms with Crippen LogP contribution in [-0.2, 0) is 4.79 Å². The van der Waals surface area contributed by atoms with Gasteiger partial charge in [-0.2, -0.15) is 0 Å². The van der Waals surface area contributed by atoms with E-state index in [1.807, 2.05) is 18.2 Å². The lowest BCUT2D eigenvalue weighted by molar-refractivity contribution is 0.106. The summed E-state index contributed by atoms with van der Waals surface area (Å²) in [5, 5.41) is 0.760. The third-order valence-electron chi connectivity index (χ3n) is 1.93. The van der Waals surface area contributed by atoms with Crippen LogP contribution in [0.15, 0.2) is 30.5 Å². The summed E-state index contributed by atoms with van der Waals surface area (Å²) >= 11 is 0. The average molecular weight is 172 g/mol. The second-order valence-electron chi connectivity index (χ2n) is 2.68. The fraction of sp³-hybridized carbons (Fsp3) is 0. The fourth-order valence-electron chi connectivity index (χ4n) is 1.31. The highest BCUT2D eigenvalue weighted by atomic mass is 16.2. The molecule has 0 bridgehead atoms. The predicted molar refractivity (Wildman–Crippen MR) is 48.3 cm³/mol. The van der Waals surface area contributed by atoms with Crippen molar-refractivity contribution >= 4 is 23.0 Å². The number of aromatic nitrogens is 1. The molecule has 3 heteroatoms. The van der Waals surface area contributed by atoms with Crippen LogP contribution >= 0.6 is 0 Å². The van der Waals surface area contributed by atoms with Gasteiger partial charge in [0.2, 0.25) is 5.78 Å². The standard InChI is InChI=1S/C10H6NO2/c12-6-10(13)8-5-11-9-4-2-1-3-7(8)9/h1-5,11H. The molecule has 1 heterocycles. The van der Waals surface area contributed by atoms with Crippen molar-refractivity contribution in [2.45, 2.75) is 0 Å². The topological polar surface area (TPSA) is 49.9 Å². The van der Waals surface area contributed by atoms with Crippen LogP contribution in [0.25, 0.3) is 10.9 Å². The molecule has 1 radical (unpaired) electrons. The number of carbonyl (C=O) groups is 1. The first-order chi connectivity index (χ1) is 6.33. The molecule has 0 atom stereocenters. The van der Waals surface area contributed by atoms with Gasteiger partial charge in [0.1, 0.15) is 0 Å². The summed E-state index contributed by atoms with van der Waals surface area (Å²) in [5.74, 6) is -0.613. The number of aromatic amines is 1. The van der Waals surface area contributed by atoms with Gasteiger partial charge in [0.25, 0.3) is 6.29 Å². The van der Waals surface area contributed by atoms with E-state index in [4.69, 9.17) is 0 Å². The number of hydrogen-bond donors (Lipinski definition) is 1. The summed E-state index contributed by atoms with van der Waals surface area (Å²) in [6.07, 6.45) is 2.88. The van der Waals surface area contributed by atoms with E-state index in [0.29, 0.717) is 5.56 Å². The van der Waals surface area contributed by atoms with Crippen LogP contribution in [0, 0.1) is 0 Å². The first-order valence-corrected chi connectivity index (χ1v) is 3.81. The van der Waals surface area contributed by atoms with Crippen molar-refractivity contribution in [2.75, 3.05) is 0 Å². The largest absolute Gasteiger partial charge is 0.360 e. The number of para-hydroxylation sites is 1. The molecule has 1 aromatic carbocycles. The van der Waals surface area contributed by atoms with E-state index in [0.717, 1.165) is 10.9 Å². The van der Waals surface area contributed by atoms with Gasteiger partial charge in [-0.25, -0.2) is 0 Å². The number of carbonyl (C=O) groups excluding carboxylic acids is 2. The van der Waals surface area contributed by atoms with E-state index in [1.54, 1.807) is 6.07 Å². The van der Waals surface area contributed by atoms with Crippen LogP contribution in [0.2, 0.25) is 0 Å². The molecular formula is C10H6NO2. The number of Topliss-reactive ketones (excluding diaryl/α,β-unsaturated/α-hetero) is 1. The van der Waals surface area contributed by atoms with Gasteiger partial charge in [-0.1, -0.05) is 18.2 Å². The smallest absolute Gasteiger partial charge is 0.277 e. The summed E-state index contributed by atoms with van der Waals surface area (Å²) in [5.41, 5.74) is 1.23. The van der Waals surface area contributed by atoms with E-state index in [2.05, 4.69) is 4.98 Å². The van der Waals surface area contributed by atoms with Crippen molar-refractivity contribution in [1.82, 2.24) is 4.98 Å². The van der Waals surface area contributed by atoms with Gasteiger partial charge < -0.3 is 4.98 Å². The van der Waals surface area contributed by atoms with Crippen LogP contribution in [0.3, 0.4) is 0 Å². The van der Waals surface area contributed by atoms with Crippen molar-refractivity contribution < 1.29 is 9.59 Å². The lowest BCUT2D eigenvalue weighted by atomic mass is 10.1. The first kappa shape index (κ1) is 7.73. The van der Waals surface area contributed by atoms with E-state index in [9.17, 15) is 9.59 Å². The highest BCUT2D eigenvalue weighted by Crippen LogP contribution is 2.17. The minimum absolute atomic E-state index is 0.380. The Morgan fingerprint density at radius 1 is 1.31 bits per heavy atom. The molecule has 0 amide bonds. The molecule has 2 rings (SSSR count). The number of benzene rings is 1. The molecule has 0 aliphatic heterocycles. The molecule has 0 fully saturated rings. The number of ketones is 1. The fourth-order valence-corrected chi connectivity index (χ4v) is 1.31. The van der Waals surface area contributed by atoms with Gasteiger partial charge in [0, 0.05) is 17.1 Å². The second kappa shape index (κ2) is 2.86.